The van der Waals surface area contributed by atoms with E-state index in [-0.39, 0.29) is 0 Å². The van der Waals surface area contributed by atoms with E-state index in [1.54, 1.807) is 0 Å². The first-order valence-electron chi connectivity index (χ1n) is 4.53. The molecule has 0 aliphatic heterocycles. The van der Waals surface area contributed by atoms with Crippen molar-refractivity contribution >= 4 is 11.6 Å². The monoisotopic (exact) mass is 180 g/mol. The Bertz CT molecular complexity index is 287. The van der Waals surface area contributed by atoms with Crippen molar-refractivity contribution in [2.45, 2.75) is 31.6 Å². The van der Waals surface area contributed by atoms with E-state index in [9.17, 15) is 0 Å². The van der Waals surface area contributed by atoms with Crippen LogP contribution < -0.4 is 0 Å². The Morgan fingerprint density at radius 2 is 2.17 bits per heavy atom. The Balaban J connectivity index is 2.34. The molecule has 0 spiro atoms. The molecule has 0 saturated heterocycles. The second-order valence-electron chi connectivity index (χ2n) is 3.64. The van der Waals surface area contributed by atoms with Gasteiger partial charge in [0.2, 0.25) is 0 Å². The maximum Gasteiger partial charge on any atom is 0.0408 e. The fraction of sp³-hybridized carbons (Fsp3) is 0.455. The molecule has 1 aliphatic rings. The van der Waals surface area contributed by atoms with Crippen molar-refractivity contribution < 1.29 is 0 Å². The number of hydrogen-bond donors (Lipinski definition) is 0. The zero-order valence-electron chi connectivity index (χ0n) is 7.31. The van der Waals surface area contributed by atoms with Crippen LogP contribution in [-0.4, -0.2) is 0 Å². The molecule has 1 aliphatic carbocycles. The maximum atomic E-state index is 5.94. The average Bonchev–Trinajstić information content (AvgIpc) is 2.84. The van der Waals surface area contributed by atoms with Crippen molar-refractivity contribution in [2.75, 3.05) is 0 Å². The first kappa shape index (κ1) is 8.12. The molecule has 0 bridgehead atoms. The van der Waals surface area contributed by atoms with E-state index in [0.29, 0.717) is 5.41 Å². The predicted octanol–water partition coefficient (Wildman–Crippen LogP) is 3.78. The van der Waals surface area contributed by atoms with Gasteiger partial charge in [0, 0.05) is 5.02 Å². The van der Waals surface area contributed by atoms with E-state index < -0.39 is 0 Å². The van der Waals surface area contributed by atoms with Crippen LogP contribution in [0.2, 0.25) is 5.02 Å². The van der Waals surface area contributed by atoms with Gasteiger partial charge in [0.15, 0.2) is 0 Å². The van der Waals surface area contributed by atoms with Crippen LogP contribution in [0.4, 0.5) is 0 Å². The van der Waals surface area contributed by atoms with Gasteiger partial charge in [-0.1, -0.05) is 30.7 Å². The minimum atomic E-state index is 0.491. The zero-order chi connectivity index (χ0) is 8.60. The molecule has 0 nitrogen and oxygen atoms in total. The average molecular weight is 181 g/mol. The highest BCUT2D eigenvalue weighted by atomic mass is 35.5. The van der Waals surface area contributed by atoms with Crippen molar-refractivity contribution in [3.8, 4) is 0 Å². The van der Waals surface area contributed by atoms with Crippen LogP contribution >= 0.6 is 11.6 Å². The zero-order valence-corrected chi connectivity index (χ0v) is 8.06. The molecule has 1 fully saturated rings. The number of rotatable bonds is 2. The summed E-state index contributed by atoms with van der Waals surface area (Å²) in [6, 6.07) is 8.30. The van der Waals surface area contributed by atoms with E-state index in [2.05, 4.69) is 19.1 Å². The normalized spacial score (nSPS) is 19.2. The number of halogens is 1. The van der Waals surface area contributed by atoms with Crippen molar-refractivity contribution in [1.29, 1.82) is 0 Å². The SMILES string of the molecule is CCC1(c2cccc(Cl)c2)CC1. The van der Waals surface area contributed by atoms with Crippen LogP contribution in [0.1, 0.15) is 31.7 Å². The van der Waals surface area contributed by atoms with Gasteiger partial charge in [-0.3, -0.25) is 0 Å². The van der Waals surface area contributed by atoms with Gasteiger partial charge in [0.25, 0.3) is 0 Å². The molecular formula is C11H13Cl. The second kappa shape index (κ2) is 2.77. The summed E-state index contributed by atoms with van der Waals surface area (Å²) >= 11 is 5.94. The Kier molecular flexibility index (Phi) is 1.88. The lowest BCUT2D eigenvalue weighted by Crippen LogP contribution is -2.03. The van der Waals surface area contributed by atoms with Crippen LogP contribution in [0.15, 0.2) is 24.3 Å². The molecule has 0 heterocycles. The van der Waals surface area contributed by atoms with Gasteiger partial charge < -0.3 is 0 Å². The van der Waals surface area contributed by atoms with Gasteiger partial charge in [-0.15, -0.1) is 0 Å². The van der Waals surface area contributed by atoms with Crippen LogP contribution in [-0.2, 0) is 5.41 Å². The second-order valence-corrected chi connectivity index (χ2v) is 4.08. The van der Waals surface area contributed by atoms with Crippen molar-refractivity contribution in [3.05, 3.63) is 34.9 Å². The molecule has 0 N–H and O–H groups in total. The lowest BCUT2D eigenvalue weighted by atomic mass is 9.93. The molecule has 12 heavy (non-hydrogen) atoms. The molecule has 0 radical (unpaired) electrons. The van der Waals surface area contributed by atoms with Gasteiger partial charge in [-0.05, 0) is 42.4 Å². The third-order valence-corrected chi connectivity index (χ3v) is 3.20. The molecule has 1 aromatic carbocycles. The van der Waals surface area contributed by atoms with Crippen molar-refractivity contribution in [2.24, 2.45) is 0 Å². The quantitative estimate of drug-likeness (QED) is 0.650. The Morgan fingerprint density at radius 3 is 2.67 bits per heavy atom. The summed E-state index contributed by atoms with van der Waals surface area (Å²) in [6.45, 7) is 2.26. The number of benzene rings is 1. The van der Waals surface area contributed by atoms with E-state index >= 15 is 0 Å². The first-order valence-corrected chi connectivity index (χ1v) is 4.91. The van der Waals surface area contributed by atoms with Crippen molar-refractivity contribution in [1.82, 2.24) is 0 Å². The fourth-order valence-corrected chi connectivity index (χ4v) is 2.01. The number of hydrogen-bond acceptors (Lipinski definition) is 0. The van der Waals surface area contributed by atoms with Crippen LogP contribution in [0.5, 0.6) is 0 Å². The van der Waals surface area contributed by atoms with Crippen molar-refractivity contribution in [3.63, 3.8) is 0 Å². The Hall–Kier alpha value is -0.490. The van der Waals surface area contributed by atoms with Gasteiger partial charge in [0.05, 0.1) is 0 Å². The molecule has 0 amide bonds. The minimum absolute atomic E-state index is 0.491. The van der Waals surface area contributed by atoms with E-state index in [1.807, 2.05) is 12.1 Å². The smallest absolute Gasteiger partial charge is 0.0408 e. The molecule has 1 saturated carbocycles. The summed E-state index contributed by atoms with van der Waals surface area (Å²) in [5, 5.41) is 0.868. The summed E-state index contributed by atoms with van der Waals surface area (Å²) < 4.78 is 0. The van der Waals surface area contributed by atoms with Gasteiger partial charge in [0.1, 0.15) is 0 Å². The van der Waals surface area contributed by atoms with Crippen LogP contribution in [0.25, 0.3) is 0 Å². The van der Waals surface area contributed by atoms with Crippen LogP contribution in [0, 0.1) is 0 Å². The molecule has 0 unspecified atom stereocenters. The summed E-state index contributed by atoms with van der Waals surface area (Å²) in [6.07, 6.45) is 3.92. The maximum absolute atomic E-state index is 5.94. The molecule has 0 atom stereocenters. The molecule has 0 aromatic heterocycles. The third kappa shape index (κ3) is 1.25. The molecule has 2 rings (SSSR count). The van der Waals surface area contributed by atoms with E-state index in [1.165, 1.54) is 24.8 Å². The van der Waals surface area contributed by atoms with Gasteiger partial charge in [-0.25, -0.2) is 0 Å². The summed E-state index contributed by atoms with van der Waals surface area (Å²) in [7, 11) is 0. The minimum Gasteiger partial charge on any atom is -0.0843 e. The topological polar surface area (TPSA) is 0 Å². The Labute approximate surface area is 78.6 Å². The molecule has 64 valence electrons. The lowest BCUT2D eigenvalue weighted by Gasteiger charge is -2.12. The highest BCUT2D eigenvalue weighted by Gasteiger charge is 2.42. The van der Waals surface area contributed by atoms with Gasteiger partial charge in [-0.2, -0.15) is 0 Å². The molecule has 1 heteroatoms. The largest absolute Gasteiger partial charge is 0.0843 e. The lowest BCUT2D eigenvalue weighted by molar-refractivity contribution is 0.664. The van der Waals surface area contributed by atoms with Crippen LogP contribution in [0.3, 0.4) is 0 Å². The molecule has 1 aromatic rings. The van der Waals surface area contributed by atoms with E-state index in [0.717, 1.165) is 5.02 Å². The van der Waals surface area contributed by atoms with Gasteiger partial charge >= 0.3 is 0 Å². The highest BCUT2D eigenvalue weighted by molar-refractivity contribution is 6.30. The summed E-state index contributed by atoms with van der Waals surface area (Å²) in [5.41, 5.74) is 1.92. The summed E-state index contributed by atoms with van der Waals surface area (Å²) in [4.78, 5) is 0. The predicted molar refractivity (Wildman–Crippen MR) is 52.7 cm³/mol. The first-order chi connectivity index (χ1) is 5.77. The summed E-state index contributed by atoms with van der Waals surface area (Å²) in [5.74, 6) is 0. The fourth-order valence-electron chi connectivity index (χ4n) is 1.82. The Morgan fingerprint density at radius 1 is 1.42 bits per heavy atom. The third-order valence-electron chi connectivity index (χ3n) is 2.97. The standard InChI is InChI=1S/C11H13Cl/c1-2-11(6-7-11)9-4-3-5-10(12)8-9/h3-5,8H,2,6-7H2,1H3. The van der Waals surface area contributed by atoms with E-state index in [4.69, 9.17) is 11.6 Å². The molecular weight excluding hydrogens is 168 g/mol. The highest BCUT2D eigenvalue weighted by Crippen LogP contribution is 2.51.